The van der Waals surface area contributed by atoms with Crippen molar-refractivity contribution in [3.8, 4) is 0 Å². The van der Waals surface area contributed by atoms with Crippen LogP contribution in [0.4, 0.5) is 0 Å². The van der Waals surface area contributed by atoms with Crippen LogP contribution in [0.5, 0.6) is 0 Å². The Balaban J connectivity index is 3.26. The van der Waals surface area contributed by atoms with Gasteiger partial charge in [-0.25, -0.2) is 9.89 Å². The second kappa shape index (κ2) is 2.09. The molecule has 0 aromatic carbocycles. The van der Waals surface area contributed by atoms with Crippen molar-refractivity contribution in [2.45, 2.75) is 19.4 Å². The third kappa shape index (κ3) is 1.25. The molecule has 0 bridgehead atoms. The molecule has 0 spiro atoms. The quantitative estimate of drug-likeness (QED) is 0.434. The van der Waals surface area contributed by atoms with Crippen molar-refractivity contribution >= 4 is 0 Å². The lowest BCUT2D eigenvalue weighted by molar-refractivity contribution is 0.0659. The second-order valence-electron chi connectivity index (χ2n) is 2.78. The fourth-order valence-corrected chi connectivity index (χ4v) is 0.736. The van der Waals surface area contributed by atoms with Crippen molar-refractivity contribution in [3.05, 3.63) is 16.3 Å². The predicted octanol–water partition coefficient (Wildman–Crippen LogP) is -1.49. The fraction of sp³-hybridized carbons (Fsp3) is 0.600. The van der Waals surface area contributed by atoms with Crippen LogP contribution in [0.3, 0.4) is 0 Å². The van der Waals surface area contributed by atoms with Crippen LogP contribution in [0.2, 0.25) is 0 Å². The average molecular weight is 158 g/mol. The van der Waals surface area contributed by atoms with Gasteiger partial charge in [0.15, 0.2) is 5.82 Å². The molecule has 0 aliphatic carbocycles. The number of nitrogen functional groups attached to an aromatic ring is 1. The zero-order chi connectivity index (χ0) is 8.65. The zero-order valence-electron chi connectivity index (χ0n) is 6.33. The smallest absolute Gasteiger partial charge is 0.362 e. The highest BCUT2D eigenvalue weighted by Gasteiger charge is 2.23. The van der Waals surface area contributed by atoms with Gasteiger partial charge in [0.1, 0.15) is 5.60 Å². The van der Waals surface area contributed by atoms with Gasteiger partial charge in [0.2, 0.25) is 0 Å². The maximum atomic E-state index is 10.7. The van der Waals surface area contributed by atoms with Gasteiger partial charge in [0, 0.05) is 0 Å². The highest BCUT2D eigenvalue weighted by Crippen LogP contribution is 2.12. The van der Waals surface area contributed by atoms with E-state index in [0.717, 1.165) is 4.68 Å². The summed E-state index contributed by atoms with van der Waals surface area (Å²) in [6, 6.07) is 0. The van der Waals surface area contributed by atoms with Gasteiger partial charge in [-0.15, -0.1) is 0 Å². The number of nitrogens with two attached hydrogens (primary N) is 1. The Morgan fingerprint density at radius 2 is 2.27 bits per heavy atom. The van der Waals surface area contributed by atoms with Gasteiger partial charge in [0.25, 0.3) is 0 Å². The van der Waals surface area contributed by atoms with Gasteiger partial charge >= 0.3 is 5.69 Å². The summed E-state index contributed by atoms with van der Waals surface area (Å²) in [6.07, 6.45) is 0. The summed E-state index contributed by atoms with van der Waals surface area (Å²) < 4.78 is 0.778. The first-order valence-electron chi connectivity index (χ1n) is 3.08. The van der Waals surface area contributed by atoms with Gasteiger partial charge in [-0.3, -0.25) is 0 Å². The van der Waals surface area contributed by atoms with Crippen LogP contribution in [0.25, 0.3) is 0 Å². The van der Waals surface area contributed by atoms with Gasteiger partial charge in [-0.1, -0.05) is 0 Å². The largest absolute Gasteiger partial charge is 0.382 e. The number of hydrogen-bond acceptors (Lipinski definition) is 4. The molecule has 6 nitrogen and oxygen atoms in total. The molecule has 0 unspecified atom stereocenters. The van der Waals surface area contributed by atoms with Crippen LogP contribution in [-0.2, 0) is 5.60 Å². The molecule has 0 atom stereocenters. The number of aromatic nitrogens is 3. The maximum absolute atomic E-state index is 10.7. The first-order chi connectivity index (χ1) is 4.93. The predicted molar refractivity (Wildman–Crippen MR) is 38.2 cm³/mol. The summed E-state index contributed by atoms with van der Waals surface area (Å²) >= 11 is 0. The maximum Gasteiger partial charge on any atom is 0.362 e. The second-order valence-corrected chi connectivity index (χ2v) is 2.78. The molecule has 0 saturated carbocycles. The van der Waals surface area contributed by atoms with Crippen molar-refractivity contribution in [1.82, 2.24) is 14.9 Å². The molecule has 0 fully saturated rings. The van der Waals surface area contributed by atoms with E-state index in [2.05, 4.69) is 10.2 Å². The van der Waals surface area contributed by atoms with Crippen molar-refractivity contribution < 1.29 is 5.11 Å². The molecular formula is C5H10N4O2. The number of H-pyrrole nitrogens is 1. The van der Waals surface area contributed by atoms with Crippen LogP contribution in [0, 0.1) is 0 Å². The number of aliphatic hydroxyl groups is 1. The van der Waals surface area contributed by atoms with Crippen LogP contribution >= 0.6 is 0 Å². The lowest BCUT2D eigenvalue weighted by atomic mass is 10.1. The lowest BCUT2D eigenvalue weighted by Crippen LogP contribution is -2.32. The monoisotopic (exact) mass is 158 g/mol. The van der Waals surface area contributed by atoms with E-state index in [9.17, 15) is 9.90 Å². The standard InChI is InChI=1S/C5H10N4O2/c1-5(2,11)3-7-8-4(10)9(3)6/h11H,6H2,1-2H3,(H,8,10). The number of nitrogens with zero attached hydrogens (tertiary/aromatic N) is 2. The Morgan fingerprint density at radius 3 is 2.45 bits per heavy atom. The molecule has 0 aliphatic heterocycles. The fourth-order valence-electron chi connectivity index (χ4n) is 0.736. The van der Waals surface area contributed by atoms with Crippen LogP contribution < -0.4 is 11.5 Å². The molecule has 0 amide bonds. The minimum atomic E-state index is -1.20. The van der Waals surface area contributed by atoms with E-state index in [0.29, 0.717) is 0 Å². The van der Waals surface area contributed by atoms with Crippen molar-refractivity contribution in [1.29, 1.82) is 0 Å². The van der Waals surface area contributed by atoms with E-state index >= 15 is 0 Å². The SMILES string of the molecule is CC(C)(O)c1n[nH]c(=O)n1N. The lowest BCUT2D eigenvalue weighted by Gasteiger charge is -2.13. The summed E-state index contributed by atoms with van der Waals surface area (Å²) in [4.78, 5) is 10.7. The van der Waals surface area contributed by atoms with E-state index < -0.39 is 11.3 Å². The molecule has 1 rings (SSSR count). The van der Waals surface area contributed by atoms with Crippen LogP contribution in [-0.4, -0.2) is 20.0 Å². The molecule has 0 aliphatic rings. The Kier molecular flexibility index (Phi) is 1.48. The Labute approximate surface area is 62.6 Å². The highest BCUT2D eigenvalue weighted by atomic mass is 16.3. The Bertz CT molecular complexity index is 305. The summed E-state index contributed by atoms with van der Waals surface area (Å²) in [5, 5.41) is 15.0. The molecule has 62 valence electrons. The van der Waals surface area contributed by atoms with Crippen LogP contribution in [0.15, 0.2) is 4.79 Å². The van der Waals surface area contributed by atoms with Gasteiger partial charge in [-0.2, -0.15) is 9.77 Å². The molecule has 11 heavy (non-hydrogen) atoms. The minimum absolute atomic E-state index is 0.113. The van der Waals surface area contributed by atoms with E-state index in [1.165, 1.54) is 13.8 Å². The van der Waals surface area contributed by atoms with Crippen molar-refractivity contribution in [2.24, 2.45) is 0 Å². The molecule has 4 N–H and O–H groups in total. The Morgan fingerprint density at radius 1 is 1.73 bits per heavy atom. The summed E-state index contributed by atoms with van der Waals surface area (Å²) in [6.45, 7) is 2.98. The number of hydrogen-bond donors (Lipinski definition) is 3. The number of nitrogens with one attached hydrogen (secondary N) is 1. The number of rotatable bonds is 1. The molecule has 1 aromatic rings. The minimum Gasteiger partial charge on any atom is -0.382 e. The number of aromatic amines is 1. The highest BCUT2D eigenvalue weighted by molar-refractivity contribution is 4.96. The van der Waals surface area contributed by atoms with Crippen molar-refractivity contribution in [3.63, 3.8) is 0 Å². The van der Waals surface area contributed by atoms with Crippen molar-refractivity contribution in [2.75, 3.05) is 5.84 Å². The summed E-state index contributed by atoms with van der Waals surface area (Å²) in [5.41, 5.74) is -1.74. The first kappa shape index (κ1) is 7.80. The van der Waals surface area contributed by atoms with Gasteiger partial charge in [-0.05, 0) is 13.8 Å². The molecule has 0 radical (unpaired) electrons. The van der Waals surface area contributed by atoms with Gasteiger partial charge in [0.05, 0.1) is 0 Å². The normalized spacial score (nSPS) is 11.9. The average Bonchev–Trinajstić information content (AvgIpc) is 2.11. The third-order valence-corrected chi connectivity index (χ3v) is 1.25. The topological polar surface area (TPSA) is 96.9 Å². The van der Waals surface area contributed by atoms with E-state index in [1.54, 1.807) is 0 Å². The summed E-state index contributed by atoms with van der Waals surface area (Å²) in [7, 11) is 0. The molecule has 6 heteroatoms. The van der Waals surface area contributed by atoms with E-state index in [-0.39, 0.29) is 5.82 Å². The van der Waals surface area contributed by atoms with Gasteiger partial charge < -0.3 is 10.9 Å². The zero-order valence-corrected chi connectivity index (χ0v) is 6.33. The molecule has 1 heterocycles. The summed E-state index contributed by atoms with van der Waals surface area (Å²) in [5.74, 6) is 5.35. The third-order valence-electron chi connectivity index (χ3n) is 1.25. The Hall–Kier alpha value is -1.30. The van der Waals surface area contributed by atoms with E-state index in [4.69, 9.17) is 5.84 Å². The molecule has 1 aromatic heterocycles. The molecule has 0 saturated heterocycles. The molecular weight excluding hydrogens is 148 g/mol. The van der Waals surface area contributed by atoms with Crippen LogP contribution in [0.1, 0.15) is 19.7 Å². The first-order valence-corrected chi connectivity index (χ1v) is 3.08. The van der Waals surface area contributed by atoms with E-state index in [1.807, 2.05) is 0 Å².